The molecular formula is C20H23Cl2N3O2. The molecule has 0 bridgehead atoms. The molecular weight excluding hydrogens is 385 g/mol. The van der Waals surface area contributed by atoms with E-state index in [0.29, 0.717) is 22.2 Å². The predicted octanol–water partition coefficient (Wildman–Crippen LogP) is 3.55. The molecule has 1 saturated heterocycles. The molecule has 0 saturated carbocycles. The lowest BCUT2D eigenvalue weighted by Gasteiger charge is -2.36. The minimum absolute atomic E-state index is 0.173. The van der Waals surface area contributed by atoms with Gasteiger partial charge in [0.05, 0.1) is 17.7 Å². The topological polar surface area (TPSA) is 44.8 Å². The van der Waals surface area contributed by atoms with Crippen molar-refractivity contribution in [1.29, 1.82) is 0 Å². The number of hydrogen-bond acceptors (Lipinski definition) is 4. The van der Waals surface area contributed by atoms with Gasteiger partial charge in [0.15, 0.2) is 0 Å². The molecule has 1 amide bonds. The Bertz CT molecular complexity index is 775. The van der Waals surface area contributed by atoms with Crippen LogP contribution in [0.1, 0.15) is 10.4 Å². The highest BCUT2D eigenvalue weighted by atomic mass is 35.5. The molecule has 144 valence electrons. The number of halogens is 2. The molecule has 1 fully saturated rings. The second-order valence-corrected chi connectivity index (χ2v) is 7.25. The molecule has 3 rings (SSSR count). The largest absolute Gasteiger partial charge is 0.497 e. The monoisotopic (exact) mass is 407 g/mol. The summed E-state index contributed by atoms with van der Waals surface area (Å²) >= 11 is 11.9. The van der Waals surface area contributed by atoms with Crippen molar-refractivity contribution in [2.45, 2.75) is 0 Å². The fraction of sp³-hybridized carbons (Fsp3) is 0.350. The Morgan fingerprint density at radius 1 is 1.07 bits per heavy atom. The maximum atomic E-state index is 12.2. The summed E-state index contributed by atoms with van der Waals surface area (Å²) in [6.45, 7) is 5.24. The van der Waals surface area contributed by atoms with Crippen LogP contribution in [0.4, 0.5) is 5.69 Å². The van der Waals surface area contributed by atoms with Gasteiger partial charge in [0.1, 0.15) is 5.75 Å². The second-order valence-electron chi connectivity index (χ2n) is 6.41. The van der Waals surface area contributed by atoms with Gasteiger partial charge in [-0.2, -0.15) is 0 Å². The van der Waals surface area contributed by atoms with Crippen LogP contribution in [-0.2, 0) is 0 Å². The summed E-state index contributed by atoms with van der Waals surface area (Å²) in [5.41, 5.74) is 1.66. The molecule has 27 heavy (non-hydrogen) atoms. The highest BCUT2D eigenvalue weighted by Crippen LogP contribution is 2.21. The van der Waals surface area contributed by atoms with E-state index < -0.39 is 0 Å². The zero-order valence-corrected chi connectivity index (χ0v) is 16.8. The smallest absolute Gasteiger partial charge is 0.252 e. The number of benzene rings is 2. The maximum absolute atomic E-state index is 12.2. The van der Waals surface area contributed by atoms with Crippen molar-refractivity contribution in [2.75, 3.05) is 51.3 Å². The maximum Gasteiger partial charge on any atom is 0.252 e. The molecule has 5 nitrogen and oxygen atoms in total. The molecule has 1 N–H and O–H groups in total. The predicted molar refractivity (Wildman–Crippen MR) is 110 cm³/mol. The lowest BCUT2D eigenvalue weighted by molar-refractivity contribution is 0.0948. The van der Waals surface area contributed by atoms with E-state index in [-0.39, 0.29) is 5.91 Å². The number of carbonyl (C=O) groups excluding carboxylic acids is 1. The molecule has 0 atom stereocenters. The molecule has 2 aromatic carbocycles. The lowest BCUT2D eigenvalue weighted by atomic mass is 10.2. The summed E-state index contributed by atoms with van der Waals surface area (Å²) in [6, 6.07) is 13.0. The zero-order chi connectivity index (χ0) is 19.2. The van der Waals surface area contributed by atoms with Gasteiger partial charge in [-0.05, 0) is 42.5 Å². The molecule has 2 aromatic rings. The van der Waals surface area contributed by atoms with E-state index in [0.717, 1.165) is 38.5 Å². The molecule has 0 unspecified atom stereocenters. The first-order valence-corrected chi connectivity index (χ1v) is 9.67. The van der Waals surface area contributed by atoms with Gasteiger partial charge < -0.3 is 15.0 Å². The van der Waals surface area contributed by atoms with Crippen LogP contribution in [-0.4, -0.2) is 57.2 Å². The van der Waals surface area contributed by atoms with Gasteiger partial charge in [-0.25, -0.2) is 0 Å². The Hall–Kier alpha value is -1.95. The average molecular weight is 408 g/mol. The van der Waals surface area contributed by atoms with Crippen LogP contribution in [0.15, 0.2) is 42.5 Å². The lowest BCUT2D eigenvalue weighted by Crippen LogP contribution is -2.48. The molecule has 1 aliphatic rings. The van der Waals surface area contributed by atoms with Crippen LogP contribution in [0.25, 0.3) is 0 Å². The Labute approximate surface area is 169 Å². The van der Waals surface area contributed by atoms with Gasteiger partial charge in [-0.15, -0.1) is 0 Å². The molecule has 0 spiro atoms. The molecule has 7 heteroatoms. The van der Waals surface area contributed by atoms with Crippen molar-refractivity contribution in [3.05, 3.63) is 58.1 Å². The van der Waals surface area contributed by atoms with E-state index in [1.165, 1.54) is 5.69 Å². The number of nitrogens with one attached hydrogen (secondary N) is 1. The Kier molecular flexibility index (Phi) is 6.83. The molecule has 0 aromatic heterocycles. The third-order valence-electron chi connectivity index (χ3n) is 4.70. The summed E-state index contributed by atoms with van der Waals surface area (Å²) in [4.78, 5) is 16.9. The first kappa shape index (κ1) is 19.8. The highest BCUT2D eigenvalue weighted by molar-refractivity contribution is 6.36. The molecule has 0 aliphatic carbocycles. The normalized spacial score (nSPS) is 14.9. The van der Waals surface area contributed by atoms with Crippen molar-refractivity contribution in [3.63, 3.8) is 0 Å². The van der Waals surface area contributed by atoms with Gasteiger partial charge in [-0.3, -0.25) is 9.69 Å². The Balaban J connectivity index is 1.42. The van der Waals surface area contributed by atoms with E-state index in [1.54, 1.807) is 25.3 Å². The van der Waals surface area contributed by atoms with Crippen molar-refractivity contribution >= 4 is 34.8 Å². The van der Waals surface area contributed by atoms with E-state index >= 15 is 0 Å². The molecule has 1 heterocycles. The fourth-order valence-electron chi connectivity index (χ4n) is 3.12. The van der Waals surface area contributed by atoms with Crippen molar-refractivity contribution in [3.8, 4) is 5.75 Å². The number of nitrogens with zero attached hydrogens (tertiary/aromatic N) is 2. The second kappa shape index (κ2) is 9.31. The summed E-state index contributed by atoms with van der Waals surface area (Å²) in [6.07, 6.45) is 0. The highest BCUT2D eigenvalue weighted by Gasteiger charge is 2.17. The first-order chi connectivity index (χ1) is 13.1. The van der Waals surface area contributed by atoms with Gasteiger partial charge in [0.25, 0.3) is 5.91 Å². The van der Waals surface area contributed by atoms with E-state index in [9.17, 15) is 4.79 Å². The number of piperazine rings is 1. The Morgan fingerprint density at radius 3 is 2.41 bits per heavy atom. The fourth-order valence-corrected chi connectivity index (χ4v) is 3.61. The van der Waals surface area contributed by atoms with Crippen molar-refractivity contribution in [1.82, 2.24) is 10.2 Å². The van der Waals surface area contributed by atoms with Gasteiger partial charge in [-0.1, -0.05) is 23.2 Å². The van der Waals surface area contributed by atoms with Crippen LogP contribution >= 0.6 is 23.2 Å². The summed E-state index contributed by atoms with van der Waals surface area (Å²) in [5, 5.41) is 3.81. The van der Waals surface area contributed by atoms with Gasteiger partial charge in [0, 0.05) is 50.0 Å². The number of methoxy groups -OCH3 is 1. The third-order valence-corrected chi connectivity index (χ3v) is 5.25. The standard InChI is InChI=1S/C20H23Cl2N3O2/c1-27-17-5-3-16(4-6-17)25-12-10-24(11-13-25)9-8-23-20(26)18-7-2-15(21)14-19(18)22/h2-7,14H,8-13H2,1H3,(H,23,26). The minimum Gasteiger partial charge on any atom is -0.497 e. The SMILES string of the molecule is COc1ccc(N2CCN(CCNC(=O)c3ccc(Cl)cc3Cl)CC2)cc1. The number of hydrogen-bond donors (Lipinski definition) is 1. The summed E-state index contributed by atoms with van der Waals surface area (Å²) in [5.74, 6) is 0.697. The van der Waals surface area contributed by atoms with Crippen molar-refractivity contribution in [2.24, 2.45) is 0 Å². The van der Waals surface area contributed by atoms with Crippen LogP contribution in [0.5, 0.6) is 5.75 Å². The Morgan fingerprint density at radius 2 is 1.78 bits per heavy atom. The molecule has 1 aliphatic heterocycles. The number of carbonyl (C=O) groups is 1. The van der Waals surface area contributed by atoms with E-state index in [1.807, 2.05) is 12.1 Å². The van der Waals surface area contributed by atoms with Crippen molar-refractivity contribution < 1.29 is 9.53 Å². The molecule has 0 radical (unpaired) electrons. The third kappa shape index (κ3) is 5.28. The minimum atomic E-state index is -0.173. The number of amides is 1. The first-order valence-electron chi connectivity index (χ1n) is 8.91. The number of ether oxygens (including phenoxy) is 1. The van der Waals surface area contributed by atoms with Gasteiger partial charge in [0.2, 0.25) is 0 Å². The van der Waals surface area contributed by atoms with E-state index in [4.69, 9.17) is 27.9 Å². The summed E-state index contributed by atoms with van der Waals surface area (Å²) in [7, 11) is 1.67. The zero-order valence-electron chi connectivity index (χ0n) is 15.3. The van der Waals surface area contributed by atoms with Crippen LogP contribution in [0, 0.1) is 0 Å². The summed E-state index contributed by atoms with van der Waals surface area (Å²) < 4.78 is 5.21. The number of rotatable bonds is 6. The quantitative estimate of drug-likeness (QED) is 0.794. The van der Waals surface area contributed by atoms with Gasteiger partial charge >= 0.3 is 0 Å². The van der Waals surface area contributed by atoms with Crippen LogP contribution in [0.2, 0.25) is 10.0 Å². The van der Waals surface area contributed by atoms with Crippen LogP contribution in [0.3, 0.4) is 0 Å². The number of anilines is 1. The average Bonchev–Trinajstić information content (AvgIpc) is 2.68. The van der Waals surface area contributed by atoms with Crippen LogP contribution < -0.4 is 15.0 Å². The van der Waals surface area contributed by atoms with E-state index in [2.05, 4.69) is 27.2 Å².